The van der Waals surface area contributed by atoms with Gasteiger partial charge in [0.25, 0.3) is 0 Å². The topological polar surface area (TPSA) is 48.1 Å². The number of aromatic nitrogens is 1. The normalized spacial score (nSPS) is 10.3. The maximum Gasteiger partial charge on any atom is 0.220 e. The zero-order chi connectivity index (χ0) is 14.0. The fraction of sp³-hybridized carbons (Fsp3) is 0.0769. The fourth-order valence-corrected chi connectivity index (χ4v) is 2.07. The van der Waals surface area contributed by atoms with Crippen LogP contribution in [0.15, 0.2) is 30.3 Å². The molecule has 98 valence electrons. The van der Waals surface area contributed by atoms with Crippen LogP contribution in [0.5, 0.6) is 11.6 Å². The standard InChI is InChI=1S/C13H10Cl2N2OS/c1-7-4-8(13(16)19)5-12(17-7)18-11-3-2-9(14)6-10(11)15/h2-6H,1H3,(H2,16,19). The second-order valence-corrected chi connectivity index (χ2v) is 5.16. The highest BCUT2D eigenvalue weighted by atomic mass is 35.5. The van der Waals surface area contributed by atoms with E-state index in [0.717, 1.165) is 5.69 Å². The maximum absolute atomic E-state index is 6.03. The number of benzene rings is 1. The molecule has 1 aromatic heterocycles. The molecule has 0 spiro atoms. The van der Waals surface area contributed by atoms with Gasteiger partial charge >= 0.3 is 0 Å². The Bertz CT molecular complexity index is 647. The molecular formula is C13H10Cl2N2OS. The minimum absolute atomic E-state index is 0.289. The Morgan fingerprint density at radius 3 is 2.63 bits per heavy atom. The molecule has 19 heavy (non-hydrogen) atoms. The molecule has 0 aliphatic rings. The smallest absolute Gasteiger partial charge is 0.220 e. The average molecular weight is 313 g/mol. The summed E-state index contributed by atoms with van der Waals surface area (Å²) in [7, 11) is 0. The van der Waals surface area contributed by atoms with Crippen LogP contribution in [0.25, 0.3) is 0 Å². The van der Waals surface area contributed by atoms with Crippen LogP contribution in [-0.4, -0.2) is 9.97 Å². The SMILES string of the molecule is Cc1cc(C(N)=S)cc(Oc2ccc(Cl)cc2Cl)n1. The Balaban J connectivity index is 2.35. The summed E-state index contributed by atoms with van der Waals surface area (Å²) in [6.07, 6.45) is 0. The molecule has 2 N–H and O–H groups in total. The van der Waals surface area contributed by atoms with Crippen LogP contribution >= 0.6 is 35.4 Å². The molecule has 2 aromatic rings. The van der Waals surface area contributed by atoms with E-state index in [1.54, 1.807) is 30.3 Å². The highest BCUT2D eigenvalue weighted by Gasteiger charge is 2.08. The van der Waals surface area contributed by atoms with Gasteiger partial charge in [0.15, 0.2) is 0 Å². The van der Waals surface area contributed by atoms with Gasteiger partial charge < -0.3 is 10.5 Å². The van der Waals surface area contributed by atoms with E-state index in [2.05, 4.69) is 4.98 Å². The summed E-state index contributed by atoms with van der Waals surface area (Å²) in [5.41, 5.74) is 7.05. The van der Waals surface area contributed by atoms with Crippen molar-refractivity contribution < 1.29 is 4.74 Å². The summed E-state index contributed by atoms with van der Waals surface area (Å²) in [5.74, 6) is 0.852. The molecular weight excluding hydrogens is 303 g/mol. The Labute approximate surface area is 126 Å². The zero-order valence-electron chi connectivity index (χ0n) is 9.98. The first-order valence-electron chi connectivity index (χ1n) is 5.37. The van der Waals surface area contributed by atoms with E-state index < -0.39 is 0 Å². The molecule has 0 fully saturated rings. The number of halogens is 2. The molecule has 3 nitrogen and oxygen atoms in total. The molecule has 0 amide bonds. The van der Waals surface area contributed by atoms with Gasteiger partial charge in [-0.05, 0) is 31.2 Å². The minimum atomic E-state index is 0.289. The Hall–Kier alpha value is -1.36. The largest absolute Gasteiger partial charge is 0.437 e. The van der Waals surface area contributed by atoms with E-state index in [0.29, 0.717) is 27.2 Å². The van der Waals surface area contributed by atoms with E-state index in [1.807, 2.05) is 6.92 Å². The third kappa shape index (κ3) is 3.56. The quantitative estimate of drug-likeness (QED) is 0.866. The Morgan fingerprint density at radius 2 is 2.00 bits per heavy atom. The number of hydrogen-bond donors (Lipinski definition) is 1. The summed E-state index contributed by atoms with van der Waals surface area (Å²) < 4.78 is 5.62. The van der Waals surface area contributed by atoms with Crippen molar-refractivity contribution in [1.82, 2.24) is 4.98 Å². The highest BCUT2D eigenvalue weighted by Crippen LogP contribution is 2.31. The predicted molar refractivity (Wildman–Crippen MR) is 81.4 cm³/mol. The number of thiocarbonyl (C=S) groups is 1. The Morgan fingerprint density at radius 1 is 1.26 bits per heavy atom. The number of nitrogens with zero attached hydrogens (tertiary/aromatic N) is 1. The highest BCUT2D eigenvalue weighted by molar-refractivity contribution is 7.80. The van der Waals surface area contributed by atoms with Gasteiger partial charge in [-0.25, -0.2) is 4.98 Å². The van der Waals surface area contributed by atoms with Crippen LogP contribution in [0.4, 0.5) is 0 Å². The molecule has 0 bridgehead atoms. The van der Waals surface area contributed by atoms with Gasteiger partial charge in [-0.1, -0.05) is 35.4 Å². The molecule has 2 rings (SSSR count). The average Bonchev–Trinajstić information content (AvgIpc) is 2.32. The second-order valence-electron chi connectivity index (χ2n) is 3.88. The van der Waals surface area contributed by atoms with Crippen LogP contribution in [0, 0.1) is 6.92 Å². The van der Waals surface area contributed by atoms with E-state index in [4.69, 9.17) is 45.9 Å². The van der Waals surface area contributed by atoms with Crippen molar-refractivity contribution in [3.63, 3.8) is 0 Å². The van der Waals surface area contributed by atoms with Crippen molar-refractivity contribution >= 4 is 40.4 Å². The molecule has 0 aliphatic carbocycles. The molecule has 6 heteroatoms. The van der Waals surface area contributed by atoms with Crippen molar-refractivity contribution in [2.45, 2.75) is 6.92 Å². The summed E-state index contributed by atoms with van der Waals surface area (Å²) in [4.78, 5) is 4.54. The van der Waals surface area contributed by atoms with Gasteiger partial charge in [0.2, 0.25) is 5.88 Å². The monoisotopic (exact) mass is 312 g/mol. The lowest BCUT2D eigenvalue weighted by atomic mass is 10.2. The minimum Gasteiger partial charge on any atom is -0.437 e. The molecule has 0 saturated heterocycles. The molecule has 1 heterocycles. The maximum atomic E-state index is 6.03. The lowest BCUT2D eigenvalue weighted by molar-refractivity contribution is 0.462. The molecule has 0 saturated carbocycles. The molecule has 0 radical (unpaired) electrons. The lowest BCUT2D eigenvalue weighted by Gasteiger charge is -2.09. The number of aryl methyl sites for hydroxylation is 1. The van der Waals surface area contributed by atoms with Crippen LogP contribution in [0.1, 0.15) is 11.3 Å². The summed E-state index contributed by atoms with van der Waals surface area (Å²) >= 11 is 16.8. The second kappa shape index (κ2) is 5.74. The van der Waals surface area contributed by atoms with Crippen molar-refractivity contribution in [1.29, 1.82) is 0 Å². The molecule has 0 atom stereocenters. The van der Waals surface area contributed by atoms with E-state index >= 15 is 0 Å². The van der Waals surface area contributed by atoms with E-state index in [9.17, 15) is 0 Å². The summed E-state index contributed by atoms with van der Waals surface area (Å²) in [6, 6.07) is 8.42. The number of pyridine rings is 1. The van der Waals surface area contributed by atoms with Gasteiger partial charge in [0.1, 0.15) is 10.7 Å². The van der Waals surface area contributed by atoms with Crippen molar-refractivity contribution in [3.8, 4) is 11.6 Å². The number of nitrogens with two attached hydrogens (primary N) is 1. The number of rotatable bonds is 3. The van der Waals surface area contributed by atoms with Gasteiger partial charge in [0.05, 0.1) is 5.02 Å². The van der Waals surface area contributed by atoms with Crippen molar-refractivity contribution in [2.75, 3.05) is 0 Å². The molecule has 0 aliphatic heterocycles. The third-order valence-corrected chi connectivity index (χ3v) is 3.09. The van der Waals surface area contributed by atoms with Crippen LogP contribution < -0.4 is 10.5 Å². The Kier molecular flexibility index (Phi) is 4.24. The van der Waals surface area contributed by atoms with E-state index in [-0.39, 0.29) is 4.99 Å². The third-order valence-electron chi connectivity index (χ3n) is 2.32. The van der Waals surface area contributed by atoms with Gasteiger partial charge in [0, 0.05) is 22.3 Å². The van der Waals surface area contributed by atoms with Gasteiger partial charge in [-0.15, -0.1) is 0 Å². The first-order valence-corrected chi connectivity index (χ1v) is 6.53. The van der Waals surface area contributed by atoms with E-state index in [1.165, 1.54) is 0 Å². The number of ether oxygens (including phenoxy) is 1. The first kappa shape index (κ1) is 14.1. The first-order chi connectivity index (χ1) is 8.95. The lowest BCUT2D eigenvalue weighted by Crippen LogP contribution is -2.10. The summed E-state index contributed by atoms with van der Waals surface area (Å²) in [6.45, 7) is 1.83. The van der Waals surface area contributed by atoms with Crippen molar-refractivity contribution in [2.24, 2.45) is 5.73 Å². The summed E-state index contributed by atoms with van der Waals surface area (Å²) in [5, 5.41) is 0.950. The predicted octanol–water partition coefficient (Wildman–Crippen LogP) is 4.12. The van der Waals surface area contributed by atoms with Gasteiger partial charge in [-0.3, -0.25) is 0 Å². The molecule has 1 aromatic carbocycles. The van der Waals surface area contributed by atoms with Crippen LogP contribution in [0.2, 0.25) is 10.0 Å². The number of hydrogen-bond acceptors (Lipinski definition) is 3. The zero-order valence-corrected chi connectivity index (χ0v) is 12.3. The van der Waals surface area contributed by atoms with Crippen LogP contribution in [-0.2, 0) is 0 Å². The fourth-order valence-electron chi connectivity index (χ4n) is 1.50. The molecule has 0 unspecified atom stereocenters. The van der Waals surface area contributed by atoms with Crippen molar-refractivity contribution in [3.05, 3.63) is 51.6 Å². The van der Waals surface area contributed by atoms with Gasteiger partial charge in [-0.2, -0.15) is 0 Å². The van der Waals surface area contributed by atoms with Crippen LogP contribution in [0.3, 0.4) is 0 Å².